The van der Waals surface area contributed by atoms with Crippen LogP contribution in [-0.4, -0.2) is 38.0 Å². The van der Waals surface area contributed by atoms with Gasteiger partial charge < -0.3 is 9.84 Å². The summed E-state index contributed by atoms with van der Waals surface area (Å²) in [4.78, 5) is 15.5. The average molecular weight is 241 g/mol. The van der Waals surface area contributed by atoms with Crippen molar-refractivity contribution in [1.82, 2.24) is 14.8 Å². The average Bonchev–Trinajstić information content (AvgIpc) is 2.69. The van der Waals surface area contributed by atoms with Gasteiger partial charge in [-0.3, -0.25) is 0 Å². The van der Waals surface area contributed by atoms with E-state index in [1.54, 1.807) is 13.8 Å². The molecule has 0 saturated carbocycles. The van der Waals surface area contributed by atoms with Crippen molar-refractivity contribution in [1.29, 1.82) is 0 Å². The van der Waals surface area contributed by atoms with Gasteiger partial charge in [0.25, 0.3) is 0 Å². The zero-order valence-corrected chi connectivity index (χ0v) is 10.6. The van der Waals surface area contributed by atoms with Gasteiger partial charge in [-0.1, -0.05) is 13.8 Å². The van der Waals surface area contributed by atoms with Gasteiger partial charge in [0.15, 0.2) is 6.10 Å². The SMILES string of the molecule is CC(C)OC(=O)[C@H](O)[C@@H](C(C)C)n1cncn1. The van der Waals surface area contributed by atoms with E-state index in [1.807, 2.05) is 13.8 Å². The molecular weight excluding hydrogens is 222 g/mol. The largest absolute Gasteiger partial charge is 0.461 e. The summed E-state index contributed by atoms with van der Waals surface area (Å²) in [7, 11) is 0. The Labute approximate surface area is 101 Å². The summed E-state index contributed by atoms with van der Waals surface area (Å²) < 4.78 is 6.47. The normalized spacial score (nSPS) is 15.0. The Kier molecular flexibility index (Phi) is 4.62. The maximum absolute atomic E-state index is 11.7. The molecule has 1 aromatic heterocycles. The highest BCUT2D eigenvalue weighted by atomic mass is 16.6. The predicted molar refractivity (Wildman–Crippen MR) is 61.1 cm³/mol. The molecule has 17 heavy (non-hydrogen) atoms. The lowest BCUT2D eigenvalue weighted by Crippen LogP contribution is -2.37. The molecule has 96 valence electrons. The lowest BCUT2D eigenvalue weighted by Gasteiger charge is -2.25. The van der Waals surface area contributed by atoms with Crippen molar-refractivity contribution in [2.24, 2.45) is 5.92 Å². The van der Waals surface area contributed by atoms with E-state index in [1.165, 1.54) is 17.3 Å². The van der Waals surface area contributed by atoms with E-state index in [0.717, 1.165) is 0 Å². The Bertz CT molecular complexity index is 349. The Morgan fingerprint density at radius 1 is 1.35 bits per heavy atom. The number of aliphatic hydroxyl groups excluding tert-OH is 1. The van der Waals surface area contributed by atoms with Gasteiger partial charge in [0, 0.05) is 0 Å². The maximum Gasteiger partial charge on any atom is 0.337 e. The van der Waals surface area contributed by atoms with Gasteiger partial charge in [0.05, 0.1) is 12.1 Å². The van der Waals surface area contributed by atoms with Gasteiger partial charge in [-0.05, 0) is 19.8 Å². The maximum atomic E-state index is 11.7. The molecule has 0 radical (unpaired) electrons. The number of hydrogen-bond donors (Lipinski definition) is 1. The van der Waals surface area contributed by atoms with Crippen LogP contribution in [0.5, 0.6) is 0 Å². The number of nitrogens with zero attached hydrogens (tertiary/aromatic N) is 3. The number of carbonyl (C=O) groups is 1. The summed E-state index contributed by atoms with van der Waals surface area (Å²) in [5, 5.41) is 14.0. The molecule has 1 heterocycles. The van der Waals surface area contributed by atoms with Crippen molar-refractivity contribution in [3.63, 3.8) is 0 Å². The minimum absolute atomic E-state index is 0.0337. The molecule has 0 aliphatic carbocycles. The molecule has 1 aromatic rings. The van der Waals surface area contributed by atoms with Crippen molar-refractivity contribution in [2.75, 3.05) is 0 Å². The fraction of sp³-hybridized carbons (Fsp3) is 0.727. The molecular formula is C11H19N3O3. The van der Waals surface area contributed by atoms with Crippen molar-refractivity contribution in [2.45, 2.75) is 45.9 Å². The molecule has 0 spiro atoms. The molecule has 0 aliphatic heterocycles. The van der Waals surface area contributed by atoms with E-state index in [0.29, 0.717) is 0 Å². The zero-order valence-electron chi connectivity index (χ0n) is 10.6. The van der Waals surface area contributed by atoms with Gasteiger partial charge in [-0.25, -0.2) is 14.5 Å². The van der Waals surface area contributed by atoms with Crippen LogP contribution in [0.25, 0.3) is 0 Å². The highest BCUT2D eigenvalue weighted by Gasteiger charge is 2.32. The second-order valence-corrected chi connectivity index (χ2v) is 4.54. The summed E-state index contributed by atoms with van der Waals surface area (Å²) in [5.41, 5.74) is 0. The van der Waals surface area contributed by atoms with Gasteiger partial charge in [0.1, 0.15) is 12.7 Å². The first-order valence-corrected chi connectivity index (χ1v) is 5.66. The van der Waals surface area contributed by atoms with Crippen LogP contribution in [0.15, 0.2) is 12.7 Å². The van der Waals surface area contributed by atoms with E-state index in [9.17, 15) is 9.90 Å². The smallest absolute Gasteiger partial charge is 0.337 e. The monoisotopic (exact) mass is 241 g/mol. The molecule has 0 bridgehead atoms. The minimum atomic E-state index is -1.24. The predicted octanol–water partition coefficient (Wildman–Crippen LogP) is 0.788. The molecule has 0 unspecified atom stereocenters. The van der Waals surface area contributed by atoms with Crippen LogP contribution in [0.1, 0.15) is 33.7 Å². The molecule has 0 aromatic carbocycles. The number of aromatic nitrogens is 3. The van der Waals surface area contributed by atoms with Crippen LogP contribution in [0, 0.1) is 5.92 Å². The van der Waals surface area contributed by atoms with Crippen LogP contribution in [0.4, 0.5) is 0 Å². The summed E-state index contributed by atoms with van der Waals surface area (Å²) >= 11 is 0. The quantitative estimate of drug-likeness (QED) is 0.771. The number of esters is 1. The van der Waals surface area contributed by atoms with E-state index < -0.39 is 18.1 Å². The van der Waals surface area contributed by atoms with Crippen LogP contribution in [0.3, 0.4) is 0 Å². The Balaban J connectivity index is 2.81. The second-order valence-electron chi connectivity index (χ2n) is 4.54. The van der Waals surface area contributed by atoms with Crippen molar-refractivity contribution in [3.05, 3.63) is 12.7 Å². The minimum Gasteiger partial charge on any atom is -0.461 e. The van der Waals surface area contributed by atoms with Gasteiger partial charge in [-0.15, -0.1) is 0 Å². The molecule has 1 N–H and O–H groups in total. The molecule has 2 atom stereocenters. The third kappa shape index (κ3) is 3.52. The van der Waals surface area contributed by atoms with Gasteiger partial charge in [-0.2, -0.15) is 5.10 Å². The van der Waals surface area contributed by atoms with Crippen molar-refractivity contribution < 1.29 is 14.6 Å². The molecule has 0 aliphatic rings. The first-order valence-electron chi connectivity index (χ1n) is 5.66. The number of rotatable bonds is 5. The van der Waals surface area contributed by atoms with Gasteiger partial charge >= 0.3 is 5.97 Å². The molecule has 0 saturated heterocycles. The summed E-state index contributed by atoms with van der Waals surface area (Å²) in [6.45, 7) is 7.28. The third-order valence-corrected chi connectivity index (χ3v) is 2.34. The fourth-order valence-corrected chi connectivity index (χ4v) is 1.63. The van der Waals surface area contributed by atoms with E-state index in [4.69, 9.17) is 4.74 Å². The van der Waals surface area contributed by atoms with Crippen molar-refractivity contribution >= 4 is 5.97 Å². The highest BCUT2D eigenvalue weighted by molar-refractivity contribution is 5.75. The lowest BCUT2D eigenvalue weighted by atomic mass is 9.99. The Hall–Kier alpha value is -1.43. The van der Waals surface area contributed by atoms with E-state index in [-0.39, 0.29) is 12.0 Å². The van der Waals surface area contributed by atoms with Crippen LogP contribution < -0.4 is 0 Å². The molecule has 6 nitrogen and oxygen atoms in total. The third-order valence-electron chi connectivity index (χ3n) is 2.34. The summed E-state index contributed by atoms with van der Waals surface area (Å²) in [6.07, 6.45) is 1.37. The van der Waals surface area contributed by atoms with Crippen molar-refractivity contribution in [3.8, 4) is 0 Å². The molecule has 1 rings (SSSR count). The zero-order chi connectivity index (χ0) is 13.0. The number of ether oxygens (including phenoxy) is 1. The van der Waals surface area contributed by atoms with Gasteiger partial charge in [0.2, 0.25) is 0 Å². The molecule has 0 amide bonds. The Morgan fingerprint density at radius 2 is 2.00 bits per heavy atom. The summed E-state index contributed by atoms with van der Waals surface area (Å²) in [6, 6.07) is -0.469. The standard InChI is InChI=1S/C11H19N3O3/c1-7(2)9(14-6-12-5-13-14)10(15)11(16)17-8(3)4/h5-10,15H,1-4H3/t9-,10-/m1/s1. The first-order chi connectivity index (χ1) is 7.93. The lowest BCUT2D eigenvalue weighted by molar-refractivity contribution is -0.161. The first kappa shape index (κ1) is 13.6. The van der Waals surface area contributed by atoms with E-state index >= 15 is 0 Å². The van der Waals surface area contributed by atoms with Crippen LogP contribution in [0.2, 0.25) is 0 Å². The second kappa shape index (κ2) is 5.77. The highest BCUT2D eigenvalue weighted by Crippen LogP contribution is 2.21. The van der Waals surface area contributed by atoms with Crippen LogP contribution >= 0.6 is 0 Å². The summed E-state index contributed by atoms with van der Waals surface area (Å²) in [5.74, 6) is -0.597. The fourth-order valence-electron chi connectivity index (χ4n) is 1.63. The number of hydrogen-bond acceptors (Lipinski definition) is 5. The molecule has 6 heteroatoms. The van der Waals surface area contributed by atoms with E-state index in [2.05, 4.69) is 10.1 Å². The topological polar surface area (TPSA) is 77.2 Å². The molecule has 0 fully saturated rings. The Morgan fingerprint density at radius 3 is 2.41 bits per heavy atom. The number of aliphatic hydroxyl groups is 1. The number of carbonyl (C=O) groups excluding carboxylic acids is 1. The van der Waals surface area contributed by atoms with Crippen LogP contribution in [-0.2, 0) is 9.53 Å².